The lowest BCUT2D eigenvalue weighted by atomic mass is 10.2. The molecule has 1 atom stereocenters. The van der Waals surface area contributed by atoms with Crippen molar-refractivity contribution in [3.05, 3.63) is 11.8 Å². The van der Waals surface area contributed by atoms with Crippen LogP contribution in [0.15, 0.2) is 6.07 Å². The highest BCUT2D eigenvalue weighted by molar-refractivity contribution is 5.89. The fourth-order valence-corrected chi connectivity index (χ4v) is 1.53. The van der Waals surface area contributed by atoms with Gasteiger partial charge in [-0.2, -0.15) is 5.10 Å². The third-order valence-electron chi connectivity index (χ3n) is 2.59. The van der Waals surface area contributed by atoms with E-state index in [0.29, 0.717) is 0 Å². The molecule has 0 radical (unpaired) electrons. The first-order valence-corrected chi connectivity index (χ1v) is 6.47. The Bertz CT molecular complexity index is 502. The molecule has 0 fully saturated rings. The molecule has 1 rings (SSSR count). The number of amides is 1. The molecule has 0 spiro atoms. The Labute approximate surface area is 117 Å². The van der Waals surface area contributed by atoms with Gasteiger partial charge in [0.1, 0.15) is 11.3 Å². The van der Waals surface area contributed by atoms with Crippen LogP contribution in [0.5, 0.6) is 0 Å². The molecular formula is C13H21N3O4. The van der Waals surface area contributed by atoms with Crippen LogP contribution in [0.3, 0.4) is 0 Å². The van der Waals surface area contributed by atoms with E-state index in [4.69, 9.17) is 9.84 Å². The van der Waals surface area contributed by atoms with Gasteiger partial charge >= 0.3 is 12.1 Å². The van der Waals surface area contributed by atoms with Gasteiger partial charge in [0, 0.05) is 12.1 Å². The van der Waals surface area contributed by atoms with Gasteiger partial charge < -0.3 is 9.84 Å². The summed E-state index contributed by atoms with van der Waals surface area (Å²) in [5, 5.41) is 15.7. The van der Waals surface area contributed by atoms with Crippen molar-refractivity contribution in [2.24, 2.45) is 0 Å². The molecule has 0 aliphatic carbocycles. The number of anilines is 1. The molecule has 2 N–H and O–H groups in total. The molecule has 112 valence electrons. The number of carbonyl (C=O) groups is 2. The van der Waals surface area contributed by atoms with Crippen LogP contribution in [0.4, 0.5) is 10.6 Å². The van der Waals surface area contributed by atoms with Gasteiger partial charge in [0.25, 0.3) is 0 Å². The fourth-order valence-electron chi connectivity index (χ4n) is 1.53. The lowest BCUT2D eigenvalue weighted by Crippen LogP contribution is -2.27. The largest absolute Gasteiger partial charge is 0.477 e. The van der Waals surface area contributed by atoms with Gasteiger partial charge in [0.15, 0.2) is 5.82 Å². The summed E-state index contributed by atoms with van der Waals surface area (Å²) >= 11 is 0. The minimum absolute atomic E-state index is 0.0328. The van der Waals surface area contributed by atoms with E-state index in [-0.39, 0.29) is 17.6 Å². The Hall–Kier alpha value is -2.05. The first-order valence-electron chi connectivity index (χ1n) is 6.47. The number of ether oxygens (including phenoxy) is 1. The fraction of sp³-hybridized carbons (Fsp3) is 0.615. The molecule has 1 unspecified atom stereocenters. The standard InChI is InChI=1S/C13H21N3O4/c1-6-8(2)16-9(11(17)18)7-10(15-16)14-12(19)20-13(3,4)5/h7-8H,6H2,1-5H3,(H,17,18)(H,14,15,19). The van der Waals surface area contributed by atoms with Crippen LogP contribution in [0.2, 0.25) is 0 Å². The van der Waals surface area contributed by atoms with E-state index in [0.717, 1.165) is 6.42 Å². The van der Waals surface area contributed by atoms with Gasteiger partial charge in [-0.15, -0.1) is 0 Å². The van der Waals surface area contributed by atoms with Crippen molar-refractivity contribution in [3.8, 4) is 0 Å². The normalized spacial score (nSPS) is 12.8. The number of hydrogen-bond acceptors (Lipinski definition) is 4. The predicted octanol–water partition coefficient (Wildman–Crippen LogP) is 2.90. The summed E-state index contributed by atoms with van der Waals surface area (Å²) in [5.41, 5.74) is -0.593. The van der Waals surface area contributed by atoms with Crippen LogP contribution >= 0.6 is 0 Å². The smallest absolute Gasteiger partial charge is 0.413 e. The lowest BCUT2D eigenvalue weighted by molar-refractivity contribution is 0.0632. The maximum absolute atomic E-state index is 11.6. The number of nitrogens with one attached hydrogen (secondary N) is 1. The summed E-state index contributed by atoms with van der Waals surface area (Å²) in [7, 11) is 0. The van der Waals surface area contributed by atoms with Crippen LogP contribution in [0.1, 0.15) is 57.6 Å². The zero-order valence-corrected chi connectivity index (χ0v) is 12.4. The van der Waals surface area contributed by atoms with Gasteiger partial charge in [0.2, 0.25) is 0 Å². The molecule has 1 amide bonds. The SMILES string of the molecule is CCC(C)n1nc(NC(=O)OC(C)(C)C)cc1C(=O)O. The van der Waals surface area contributed by atoms with Crippen molar-refractivity contribution in [3.63, 3.8) is 0 Å². The summed E-state index contributed by atoms with van der Waals surface area (Å²) in [6.07, 6.45) is 0.0663. The Balaban J connectivity index is 2.92. The topological polar surface area (TPSA) is 93.5 Å². The molecule has 7 heteroatoms. The molecule has 0 bridgehead atoms. The van der Waals surface area contributed by atoms with Gasteiger partial charge in [-0.3, -0.25) is 10.00 Å². The molecule has 20 heavy (non-hydrogen) atoms. The maximum Gasteiger partial charge on any atom is 0.413 e. The molecule has 0 aliphatic heterocycles. The Morgan fingerprint density at radius 2 is 2.10 bits per heavy atom. The number of carboxylic acid groups (broad SMARTS) is 1. The second-order valence-corrected chi connectivity index (χ2v) is 5.55. The molecule has 0 saturated carbocycles. The molecule has 0 saturated heterocycles. The number of aromatic carboxylic acids is 1. The number of carboxylic acids is 1. The quantitative estimate of drug-likeness (QED) is 0.886. The molecule has 7 nitrogen and oxygen atoms in total. The number of rotatable bonds is 4. The van der Waals surface area contributed by atoms with Gasteiger partial charge in [-0.25, -0.2) is 9.59 Å². The first-order chi connectivity index (χ1) is 9.14. The second kappa shape index (κ2) is 5.94. The number of nitrogens with zero attached hydrogens (tertiary/aromatic N) is 2. The number of hydrogen-bond donors (Lipinski definition) is 2. The Kier molecular flexibility index (Phi) is 4.75. The van der Waals surface area contributed by atoms with E-state index in [1.165, 1.54) is 10.7 Å². The van der Waals surface area contributed by atoms with Crippen molar-refractivity contribution in [2.45, 2.75) is 52.7 Å². The minimum atomic E-state index is -1.09. The Morgan fingerprint density at radius 3 is 2.55 bits per heavy atom. The summed E-state index contributed by atoms with van der Waals surface area (Å²) in [4.78, 5) is 22.8. The Morgan fingerprint density at radius 1 is 1.50 bits per heavy atom. The summed E-state index contributed by atoms with van der Waals surface area (Å²) in [6.45, 7) is 9.02. The van der Waals surface area contributed by atoms with E-state index in [1.54, 1.807) is 20.8 Å². The van der Waals surface area contributed by atoms with E-state index >= 15 is 0 Å². The highest BCUT2D eigenvalue weighted by atomic mass is 16.6. The van der Waals surface area contributed by atoms with Gasteiger partial charge in [0.05, 0.1) is 0 Å². The average molecular weight is 283 g/mol. The lowest BCUT2D eigenvalue weighted by Gasteiger charge is -2.19. The molecule has 0 aliphatic rings. The van der Waals surface area contributed by atoms with E-state index in [9.17, 15) is 9.59 Å². The monoisotopic (exact) mass is 283 g/mol. The van der Waals surface area contributed by atoms with Gasteiger partial charge in [-0.05, 0) is 34.1 Å². The van der Waals surface area contributed by atoms with Crippen molar-refractivity contribution in [1.29, 1.82) is 0 Å². The molecule has 1 heterocycles. The molecular weight excluding hydrogens is 262 g/mol. The predicted molar refractivity (Wildman–Crippen MR) is 74.0 cm³/mol. The van der Waals surface area contributed by atoms with Crippen molar-refractivity contribution >= 4 is 17.9 Å². The molecule has 1 aromatic rings. The van der Waals surface area contributed by atoms with E-state index in [2.05, 4.69) is 10.4 Å². The van der Waals surface area contributed by atoms with Gasteiger partial charge in [-0.1, -0.05) is 6.92 Å². The van der Waals surface area contributed by atoms with Crippen LogP contribution in [-0.4, -0.2) is 32.6 Å². The highest BCUT2D eigenvalue weighted by Crippen LogP contribution is 2.18. The first kappa shape index (κ1) is 16.0. The zero-order valence-electron chi connectivity index (χ0n) is 12.4. The van der Waals surface area contributed by atoms with Crippen molar-refractivity contribution < 1.29 is 19.4 Å². The second-order valence-electron chi connectivity index (χ2n) is 5.55. The third kappa shape index (κ3) is 4.25. The van der Waals surface area contributed by atoms with Crippen LogP contribution in [0.25, 0.3) is 0 Å². The van der Waals surface area contributed by atoms with Crippen LogP contribution in [-0.2, 0) is 4.74 Å². The molecule has 1 aromatic heterocycles. The minimum Gasteiger partial charge on any atom is -0.477 e. The van der Waals surface area contributed by atoms with Crippen LogP contribution < -0.4 is 5.32 Å². The van der Waals surface area contributed by atoms with E-state index in [1.807, 2.05) is 13.8 Å². The third-order valence-corrected chi connectivity index (χ3v) is 2.59. The highest BCUT2D eigenvalue weighted by Gasteiger charge is 2.21. The molecule has 0 aromatic carbocycles. The summed E-state index contributed by atoms with van der Waals surface area (Å²) < 4.78 is 6.48. The van der Waals surface area contributed by atoms with Crippen molar-refractivity contribution in [2.75, 3.05) is 5.32 Å². The summed E-state index contributed by atoms with van der Waals surface area (Å²) in [6, 6.07) is 1.24. The average Bonchev–Trinajstić information content (AvgIpc) is 2.69. The zero-order chi connectivity index (χ0) is 15.5. The van der Waals surface area contributed by atoms with Crippen molar-refractivity contribution in [1.82, 2.24) is 9.78 Å². The summed E-state index contributed by atoms with van der Waals surface area (Å²) in [5.74, 6) is -0.924. The number of carbonyl (C=O) groups excluding carboxylic acids is 1. The van der Waals surface area contributed by atoms with E-state index < -0.39 is 17.7 Å². The van der Waals surface area contributed by atoms with Crippen LogP contribution in [0, 0.1) is 0 Å². The maximum atomic E-state index is 11.6. The number of aromatic nitrogens is 2.